The zero-order chi connectivity index (χ0) is 15.5. The lowest BCUT2D eigenvalue weighted by atomic mass is 10.0. The molecule has 1 amide bonds. The van der Waals surface area contributed by atoms with Crippen molar-refractivity contribution in [2.75, 3.05) is 20.1 Å². The number of nitrogens with one attached hydrogen (secondary N) is 2. The van der Waals surface area contributed by atoms with E-state index in [1.165, 1.54) is 0 Å². The number of aromatic amines is 1. The summed E-state index contributed by atoms with van der Waals surface area (Å²) >= 11 is 6.24. The molecule has 5 nitrogen and oxygen atoms in total. The van der Waals surface area contributed by atoms with Gasteiger partial charge in [0.2, 0.25) is 0 Å². The molecular formula is C16H19ClN4O. The zero-order valence-corrected chi connectivity index (χ0v) is 13.2. The van der Waals surface area contributed by atoms with E-state index < -0.39 is 0 Å². The lowest BCUT2D eigenvalue weighted by Gasteiger charge is -2.31. The summed E-state index contributed by atoms with van der Waals surface area (Å²) in [4.78, 5) is 14.7. The normalized spacial score (nSPS) is 16.0. The molecule has 0 bridgehead atoms. The summed E-state index contributed by atoms with van der Waals surface area (Å²) in [6.07, 6.45) is 3.54. The summed E-state index contributed by atoms with van der Waals surface area (Å²) < 4.78 is 0. The highest BCUT2D eigenvalue weighted by atomic mass is 35.5. The average Bonchev–Trinajstić information content (AvgIpc) is 3.04. The average molecular weight is 319 g/mol. The number of amides is 1. The molecule has 1 aromatic heterocycles. The fraction of sp³-hybridized carbons (Fsp3) is 0.375. The zero-order valence-electron chi connectivity index (χ0n) is 12.5. The van der Waals surface area contributed by atoms with E-state index in [0.29, 0.717) is 22.3 Å². The first kappa shape index (κ1) is 15.1. The number of nitrogens with zero attached hydrogens (tertiary/aromatic N) is 2. The van der Waals surface area contributed by atoms with E-state index >= 15 is 0 Å². The van der Waals surface area contributed by atoms with Crippen LogP contribution in [-0.2, 0) is 0 Å². The van der Waals surface area contributed by atoms with Gasteiger partial charge in [0.05, 0.1) is 17.5 Å². The van der Waals surface area contributed by atoms with Gasteiger partial charge in [0.15, 0.2) is 0 Å². The second-order valence-electron chi connectivity index (χ2n) is 5.49. The Kier molecular flexibility index (Phi) is 4.45. The summed E-state index contributed by atoms with van der Waals surface area (Å²) in [5, 5.41) is 10.8. The summed E-state index contributed by atoms with van der Waals surface area (Å²) in [6.45, 7) is 1.52. The Balaban J connectivity index is 1.83. The van der Waals surface area contributed by atoms with Gasteiger partial charge in [-0.2, -0.15) is 5.10 Å². The highest BCUT2D eigenvalue weighted by Crippen LogP contribution is 2.29. The Hall–Kier alpha value is -1.85. The molecule has 0 spiro atoms. The Morgan fingerprint density at radius 3 is 2.77 bits per heavy atom. The first-order valence-electron chi connectivity index (χ1n) is 7.45. The van der Waals surface area contributed by atoms with Gasteiger partial charge in [0.25, 0.3) is 5.91 Å². The van der Waals surface area contributed by atoms with Crippen molar-refractivity contribution in [3.63, 3.8) is 0 Å². The molecule has 1 aliphatic rings. The number of carbonyl (C=O) groups excluding carboxylic acids is 1. The molecule has 2 heterocycles. The van der Waals surface area contributed by atoms with E-state index in [2.05, 4.69) is 15.5 Å². The molecule has 0 unspecified atom stereocenters. The van der Waals surface area contributed by atoms with Crippen molar-refractivity contribution in [3.05, 3.63) is 41.0 Å². The fourth-order valence-corrected chi connectivity index (χ4v) is 3.09. The van der Waals surface area contributed by atoms with E-state index in [0.717, 1.165) is 31.5 Å². The molecule has 0 aliphatic carbocycles. The quantitative estimate of drug-likeness (QED) is 0.914. The van der Waals surface area contributed by atoms with Crippen molar-refractivity contribution in [2.24, 2.45) is 0 Å². The van der Waals surface area contributed by atoms with Crippen molar-refractivity contribution in [3.8, 4) is 11.3 Å². The van der Waals surface area contributed by atoms with Gasteiger partial charge < -0.3 is 10.2 Å². The molecule has 1 aromatic carbocycles. The summed E-state index contributed by atoms with van der Waals surface area (Å²) in [7, 11) is 1.97. The second-order valence-corrected chi connectivity index (χ2v) is 5.90. The van der Waals surface area contributed by atoms with Crippen LogP contribution in [0.1, 0.15) is 23.2 Å². The maximum atomic E-state index is 12.8. The molecule has 0 atom stereocenters. The van der Waals surface area contributed by atoms with E-state index in [4.69, 9.17) is 11.6 Å². The van der Waals surface area contributed by atoms with E-state index in [1.54, 1.807) is 6.20 Å². The number of hydrogen-bond donors (Lipinski definition) is 2. The van der Waals surface area contributed by atoms with Crippen molar-refractivity contribution >= 4 is 17.5 Å². The van der Waals surface area contributed by atoms with Gasteiger partial charge in [-0.1, -0.05) is 29.8 Å². The van der Waals surface area contributed by atoms with Gasteiger partial charge in [-0.05, 0) is 26.0 Å². The van der Waals surface area contributed by atoms with Crippen molar-refractivity contribution < 1.29 is 4.79 Å². The van der Waals surface area contributed by atoms with Crippen LogP contribution in [0.5, 0.6) is 0 Å². The van der Waals surface area contributed by atoms with Crippen molar-refractivity contribution in [2.45, 2.75) is 18.9 Å². The SMILES string of the molecule is CNC1CCN(C(=O)c2cn[nH]c2-c2ccccc2Cl)CC1. The largest absolute Gasteiger partial charge is 0.338 e. The number of benzene rings is 1. The molecular weight excluding hydrogens is 300 g/mol. The standard InChI is InChI=1S/C16H19ClN4O/c1-18-11-6-8-21(9-7-11)16(22)13-10-19-20-15(13)12-4-2-3-5-14(12)17/h2-5,10-11,18H,6-9H2,1H3,(H,19,20). The molecule has 3 rings (SSSR count). The number of carbonyl (C=O) groups is 1. The number of hydrogen-bond acceptors (Lipinski definition) is 3. The number of rotatable bonds is 3. The van der Waals surface area contributed by atoms with Gasteiger partial charge in [-0.3, -0.25) is 9.89 Å². The Labute approximate surface area is 134 Å². The van der Waals surface area contributed by atoms with Crippen LogP contribution in [0.2, 0.25) is 5.02 Å². The molecule has 2 N–H and O–H groups in total. The lowest BCUT2D eigenvalue weighted by molar-refractivity contribution is 0.0708. The third kappa shape index (κ3) is 2.87. The van der Waals surface area contributed by atoms with Crippen molar-refractivity contribution in [1.82, 2.24) is 20.4 Å². The van der Waals surface area contributed by atoms with Crippen LogP contribution < -0.4 is 5.32 Å². The number of likely N-dealkylation sites (tertiary alicyclic amines) is 1. The minimum atomic E-state index is 0.0122. The molecule has 0 radical (unpaired) electrons. The molecule has 1 saturated heterocycles. The molecule has 1 fully saturated rings. The van der Waals surface area contributed by atoms with E-state index in [1.807, 2.05) is 36.2 Å². The first-order chi connectivity index (χ1) is 10.7. The van der Waals surface area contributed by atoms with E-state index in [9.17, 15) is 4.79 Å². The predicted molar refractivity (Wildman–Crippen MR) is 87.0 cm³/mol. The highest BCUT2D eigenvalue weighted by molar-refractivity contribution is 6.33. The minimum Gasteiger partial charge on any atom is -0.338 e. The lowest BCUT2D eigenvalue weighted by Crippen LogP contribution is -2.44. The topological polar surface area (TPSA) is 61.0 Å². The Morgan fingerprint density at radius 2 is 2.09 bits per heavy atom. The van der Waals surface area contributed by atoms with E-state index in [-0.39, 0.29) is 5.91 Å². The maximum absolute atomic E-state index is 12.8. The smallest absolute Gasteiger partial charge is 0.257 e. The van der Waals surface area contributed by atoms with Crippen LogP contribution in [0.25, 0.3) is 11.3 Å². The minimum absolute atomic E-state index is 0.0122. The predicted octanol–water partition coefficient (Wildman–Crippen LogP) is 2.55. The number of H-pyrrole nitrogens is 1. The Morgan fingerprint density at radius 1 is 1.36 bits per heavy atom. The molecule has 116 valence electrons. The van der Waals surface area contributed by atoms with Gasteiger partial charge in [-0.25, -0.2) is 0 Å². The molecule has 1 aliphatic heterocycles. The maximum Gasteiger partial charge on any atom is 0.257 e. The number of aromatic nitrogens is 2. The van der Waals surface area contributed by atoms with Gasteiger partial charge in [0.1, 0.15) is 0 Å². The van der Waals surface area contributed by atoms with Crippen LogP contribution in [0, 0.1) is 0 Å². The second kappa shape index (κ2) is 6.50. The number of piperidine rings is 1. The van der Waals surface area contributed by atoms with Crippen LogP contribution in [0.15, 0.2) is 30.5 Å². The first-order valence-corrected chi connectivity index (χ1v) is 7.83. The molecule has 22 heavy (non-hydrogen) atoms. The molecule has 0 saturated carbocycles. The van der Waals surface area contributed by atoms with Crippen molar-refractivity contribution in [1.29, 1.82) is 0 Å². The summed E-state index contributed by atoms with van der Waals surface area (Å²) in [5.74, 6) is 0.0122. The monoisotopic (exact) mass is 318 g/mol. The summed E-state index contributed by atoms with van der Waals surface area (Å²) in [5.41, 5.74) is 2.07. The van der Waals surface area contributed by atoms with Crippen LogP contribution in [0.4, 0.5) is 0 Å². The molecule has 2 aromatic rings. The third-order valence-corrected chi connectivity index (χ3v) is 4.53. The number of halogens is 1. The van der Waals surface area contributed by atoms with Crippen LogP contribution in [0.3, 0.4) is 0 Å². The summed E-state index contributed by atoms with van der Waals surface area (Å²) in [6, 6.07) is 7.96. The van der Waals surface area contributed by atoms with Gasteiger partial charge in [-0.15, -0.1) is 0 Å². The van der Waals surface area contributed by atoms with Gasteiger partial charge >= 0.3 is 0 Å². The Bertz CT molecular complexity index is 662. The molecule has 6 heteroatoms. The van der Waals surface area contributed by atoms with Crippen LogP contribution in [-0.4, -0.2) is 47.2 Å². The third-order valence-electron chi connectivity index (χ3n) is 4.20. The fourth-order valence-electron chi connectivity index (χ4n) is 2.86. The highest BCUT2D eigenvalue weighted by Gasteiger charge is 2.26. The van der Waals surface area contributed by atoms with Gasteiger partial charge in [0, 0.05) is 29.7 Å². The van der Waals surface area contributed by atoms with Crippen LogP contribution >= 0.6 is 11.6 Å².